The summed E-state index contributed by atoms with van der Waals surface area (Å²) in [5.74, 6) is -0.328. The first-order chi connectivity index (χ1) is 14.2. The number of carbonyl (C=O) groups excluding carboxylic acids is 1. The number of benzene rings is 1. The molecule has 4 rings (SSSR count). The first kappa shape index (κ1) is 19.8. The average molecular weight is 418 g/mol. The number of nitrogens with one attached hydrogen (secondary N) is 2. The Balaban J connectivity index is 1.75. The second kappa shape index (κ2) is 7.08. The van der Waals surface area contributed by atoms with Gasteiger partial charge in [-0.05, 0) is 38.3 Å². The van der Waals surface area contributed by atoms with E-state index in [1.54, 1.807) is 0 Å². The molecule has 2 N–H and O–H groups in total. The molecule has 156 valence electrons. The number of amides is 1. The van der Waals surface area contributed by atoms with E-state index < -0.39 is 34.3 Å². The number of aromatic amines is 1. The Bertz CT molecular complexity index is 1150. The summed E-state index contributed by atoms with van der Waals surface area (Å²) in [7, 11) is 0. The lowest BCUT2D eigenvalue weighted by Gasteiger charge is -2.40. The summed E-state index contributed by atoms with van der Waals surface area (Å²) < 4.78 is 41.3. The van der Waals surface area contributed by atoms with Crippen molar-refractivity contribution in [1.82, 2.24) is 30.3 Å². The number of aromatic nitrogens is 5. The van der Waals surface area contributed by atoms with Crippen LogP contribution in [-0.4, -0.2) is 30.9 Å². The van der Waals surface area contributed by atoms with Crippen LogP contribution in [0.15, 0.2) is 41.5 Å². The molecule has 1 amide bonds. The van der Waals surface area contributed by atoms with Gasteiger partial charge in [0.1, 0.15) is 12.2 Å². The minimum absolute atomic E-state index is 0.168. The van der Waals surface area contributed by atoms with Crippen LogP contribution in [0.25, 0.3) is 5.69 Å². The van der Waals surface area contributed by atoms with E-state index in [0.29, 0.717) is 18.7 Å². The number of aryl methyl sites for hydroxylation is 1. The maximum atomic E-state index is 13.4. The predicted molar refractivity (Wildman–Crippen MR) is 99.0 cm³/mol. The van der Waals surface area contributed by atoms with Crippen LogP contribution < -0.4 is 10.7 Å². The van der Waals surface area contributed by atoms with Crippen molar-refractivity contribution in [2.75, 3.05) is 0 Å². The monoisotopic (exact) mass is 418 g/mol. The number of para-hydroxylation sites is 1. The van der Waals surface area contributed by atoms with E-state index in [0.717, 1.165) is 23.2 Å². The van der Waals surface area contributed by atoms with Crippen LogP contribution in [0.5, 0.6) is 0 Å². The van der Waals surface area contributed by atoms with E-state index in [2.05, 4.69) is 25.6 Å². The third-order valence-electron chi connectivity index (χ3n) is 5.19. The Kier molecular flexibility index (Phi) is 4.67. The van der Waals surface area contributed by atoms with Crippen LogP contribution in [0.3, 0.4) is 0 Å². The Morgan fingerprint density at radius 1 is 1.27 bits per heavy atom. The number of halogens is 3. The molecule has 30 heavy (non-hydrogen) atoms. The van der Waals surface area contributed by atoms with Crippen LogP contribution in [-0.2, 0) is 11.7 Å². The van der Waals surface area contributed by atoms with Gasteiger partial charge >= 0.3 is 6.18 Å². The summed E-state index contributed by atoms with van der Waals surface area (Å²) in [6, 6.07) is 5.93. The van der Waals surface area contributed by atoms with Crippen molar-refractivity contribution in [1.29, 1.82) is 0 Å². The van der Waals surface area contributed by atoms with E-state index >= 15 is 0 Å². The molecular formula is C19H17F3N6O2. The molecule has 0 radical (unpaired) electrons. The molecule has 0 saturated heterocycles. The van der Waals surface area contributed by atoms with Crippen molar-refractivity contribution < 1.29 is 18.0 Å². The molecule has 11 heteroatoms. The van der Waals surface area contributed by atoms with Crippen LogP contribution in [0, 0.1) is 6.92 Å². The van der Waals surface area contributed by atoms with Crippen LogP contribution in [0.2, 0.25) is 0 Å². The standard InChI is InChI=1S/C19H17F3N6O2/c1-11-9-14(29)15(16(30)25-18(7-4-8-18)17-23-10-24-26-17)27-28(11)13-6-3-2-5-12(13)19(20,21)22/h2-3,5-6,9-10H,4,7-8H2,1H3,(H,25,30)(H,23,24,26). The van der Waals surface area contributed by atoms with Crippen molar-refractivity contribution in [3.8, 4) is 5.69 Å². The first-order valence-corrected chi connectivity index (χ1v) is 9.17. The van der Waals surface area contributed by atoms with Crippen molar-refractivity contribution >= 4 is 5.91 Å². The van der Waals surface area contributed by atoms with Crippen molar-refractivity contribution in [3.63, 3.8) is 0 Å². The second-order valence-electron chi connectivity index (χ2n) is 7.15. The zero-order valence-electron chi connectivity index (χ0n) is 15.8. The molecule has 0 atom stereocenters. The number of hydrogen-bond acceptors (Lipinski definition) is 5. The SMILES string of the molecule is Cc1cc(=O)c(C(=O)NC2(c3ncn[nH]3)CCC2)nn1-c1ccccc1C(F)(F)F. The fraction of sp³-hybridized carbons (Fsp3) is 0.316. The number of nitrogens with zero attached hydrogens (tertiary/aromatic N) is 4. The number of hydrogen-bond donors (Lipinski definition) is 2. The smallest absolute Gasteiger partial charge is 0.338 e. The van der Waals surface area contributed by atoms with E-state index in [1.807, 2.05) is 0 Å². The third-order valence-corrected chi connectivity index (χ3v) is 5.19. The van der Waals surface area contributed by atoms with Gasteiger partial charge in [-0.2, -0.15) is 23.4 Å². The summed E-state index contributed by atoms with van der Waals surface area (Å²) in [4.78, 5) is 29.4. The average Bonchev–Trinajstić information content (AvgIpc) is 3.19. The quantitative estimate of drug-likeness (QED) is 0.677. The molecule has 1 fully saturated rings. The highest BCUT2D eigenvalue weighted by atomic mass is 19.4. The third kappa shape index (κ3) is 3.36. The topological polar surface area (TPSA) is 106 Å². The molecule has 3 aromatic rings. The van der Waals surface area contributed by atoms with Crippen molar-refractivity contribution in [2.45, 2.75) is 37.9 Å². The predicted octanol–water partition coefficient (Wildman–Crippen LogP) is 2.49. The number of H-pyrrole nitrogens is 1. The first-order valence-electron chi connectivity index (χ1n) is 9.17. The van der Waals surface area contributed by atoms with Gasteiger partial charge in [-0.15, -0.1) is 0 Å². The lowest BCUT2D eigenvalue weighted by Crippen LogP contribution is -2.52. The van der Waals surface area contributed by atoms with Crippen molar-refractivity contribution in [3.05, 3.63) is 69.7 Å². The highest BCUT2D eigenvalue weighted by molar-refractivity contribution is 5.92. The van der Waals surface area contributed by atoms with Gasteiger partial charge in [0.25, 0.3) is 5.91 Å². The van der Waals surface area contributed by atoms with Gasteiger partial charge in [0.05, 0.1) is 16.8 Å². The zero-order valence-corrected chi connectivity index (χ0v) is 15.8. The fourth-order valence-electron chi connectivity index (χ4n) is 3.51. The molecule has 2 heterocycles. The second-order valence-corrected chi connectivity index (χ2v) is 7.15. The molecule has 0 unspecified atom stereocenters. The fourth-order valence-corrected chi connectivity index (χ4v) is 3.51. The van der Waals surface area contributed by atoms with Gasteiger partial charge in [-0.3, -0.25) is 14.7 Å². The lowest BCUT2D eigenvalue weighted by atomic mass is 9.76. The van der Waals surface area contributed by atoms with Gasteiger partial charge < -0.3 is 5.32 Å². The molecule has 1 aromatic carbocycles. The van der Waals surface area contributed by atoms with Gasteiger partial charge in [-0.25, -0.2) is 9.67 Å². The highest BCUT2D eigenvalue weighted by Gasteiger charge is 2.43. The Labute approximate surface area is 168 Å². The summed E-state index contributed by atoms with van der Waals surface area (Å²) in [5, 5.41) is 13.3. The van der Waals surface area contributed by atoms with Crippen LogP contribution in [0.4, 0.5) is 13.2 Å². The Morgan fingerprint density at radius 3 is 2.60 bits per heavy atom. The van der Waals surface area contributed by atoms with E-state index in [1.165, 1.54) is 31.5 Å². The van der Waals surface area contributed by atoms with Gasteiger partial charge in [0.15, 0.2) is 5.69 Å². The summed E-state index contributed by atoms with van der Waals surface area (Å²) in [5.41, 5.74) is -3.01. The maximum Gasteiger partial charge on any atom is 0.418 e. The number of alkyl halides is 3. The lowest BCUT2D eigenvalue weighted by molar-refractivity contribution is -0.137. The molecular weight excluding hydrogens is 401 g/mol. The molecule has 0 bridgehead atoms. The Hall–Kier alpha value is -3.50. The van der Waals surface area contributed by atoms with Gasteiger partial charge in [0.2, 0.25) is 5.43 Å². The van der Waals surface area contributed by atoms with Gasteiger partial charge in [-0.1, -0.05) is 12.1 Å². The van der Waals surface area contributed by atoms with Crippen molar-refractivity contribution in [2.24, 2.45) is 0 Å². The minimum Gasteiger partial charge on any atom is -0.338 e. The minimum atomic E-state index is -4.63. The molecule has 8 nitrogen and oxygen atoms in total. The molecule has 1 aliphatic carbocycles. The van der Waals surface area contributed by atoms with Crippen LogP contribution >= 0.6 is 0 Å². The maximum absolute atomic E-state index is 13.4. The molecule has 0 spiro atoms. The molecule has 0 aliphatic heterocycles. The molecule has 2 aromatic heterocycles. The number of carbonyl (C=O) groups is 1. The normalized spacial score (nSPS) is 15.5. The summed E-state index contributed by atoms with van der Waals surface area (Å²) >= 11 is 0. The number of rotatable bonds is 4. The Morgan fingerprint density at radius 2 is 2.00 bits per heavy atom. The molecule has 1 saturated carbocycles. The van der Waals surface area contributed by atoms with E-state index in [-0.39, 0.29) is 11.4 Å². The van der Waals surface area contributed by atoms with Gasteiger partial charge in [0, 0.05) is 11.8 Å². The highest BCUT2D eigenvalue weighted by Crippen LogP contribution is 2.39. The largest absolute Gasteiger partial charge is 0.418 e. The summed E-state index contributed by atoms with van der Waals surface area (Å²) in [6.07, 6.45) is -1.30. The molecule has 1 aliphatic rings. The zero-order chi connectivity index (χ0) is 21.5. The van der Waals surface area contributed by atoms with Crippen LogP contribution in [0.1, 0.15) is 46.8 Å². The van der Waals surface area contributed by atoms with E-state index in [9.17, 15) is 22.8 Å². The summed E-state index contributed by atoms with van der Waals surface area (Å²) in [6.45, 7) is 1.45. The van der Waals surface area contributed by atoms with E-state index in [4.69, 9.17) is 0 Å².